The average Bonchev–Trinajstić information content (AvgIpc) is 2.28. The van der Waals surface area contributed by atoms with Crippen LogP contribution in [0.3, 0.4) is 0 Å². The van der Waals surface area contributed by atoms with Gasteiger partial charge in [-0.3, -0.25) is 0 Å². The lowest BCUT2D eigenvalue weighted by molar-refractivity contribution is 0.188. The number of hydrogen-bond donors (Lipinski definition) is 2. The number of aliphatic hydroxyl groups excluding tert-OH is 1. The van der Waals surface area contributed by atoms with E-state index in [1.807, 2.05) is 24.3 Å². The van der Waals surface area contributed by atoms with Gasteiger partial charge in [0, 0.05) is 19.2 Å². The molecule has 1 aromatic rings. The van der Waals surface area contributed by atoms with E-state index in [4.69, 9.17) is 14.6 Å². The van der Waals surface area contributed by atoms with Crippen molar-refractivity contribution in [2.24, 2.45) is 0 Å². The van der Waals surface area contributed by atoms with Crippen molar-refractivity contribution in [2.75, 3.05) is 26.8 Å². The molecule has 0 bridgehead atoms. The van der Waals surface area contributed by atoms with Gasteiger partial charge in [0.05, 0.1) is 13.2 Å². The number of methoxy groups -OCH3 is 1. The Morgan fingerprint density at radius 1 is 1.38 bits per heavy atom. The number of rotatable bonds is 7. The second-order valence-electron chi connectivity index (χ2n) is 3.58. The summed E-state index contributed by atoms with van der Waals surface area (Å²) in [5, 5.41) is 12.1. The number of nitrogens with one attached hydrogen (secondary N) is 1. The smallest absolute Gasteiger partial charge is 0.123 e. The summed E-state index contributed by atoms with van der Waals surface area (Å²) in [4.78, 5) is 0. The van der Waals surface area contributed by atoms with Gasteiger partial charge in [0.2, 0.25) is 0 Å². The quantitative estimate of drug-likeness (QED) is 0.681. The van der Waals surface area contributed by atoms with Gasteiger partial charge in [-0.25, -0.2) is 0 Å². The molecule has 0 aromatic heterocycles. The standard InChI is InChI=1S/C12H19NO3/c1-10(14)9-13-6-7-16-12-5-3-4-11(8-12)15-2/h3-5,8,10,13-14H,6-7,9H2,1-2H3. The Morgan fingerprint density at radius 3 is 2.81 bits per heavy atom. The molecule has 2 N–H and O–H groups in total. The van der Waals surface area contributed by atoms with E-state index >= 15 is 0 Å². The highest BCUT2D eigenvalue weighted by atomic mass is 16.5. The molecule has 0 aliphatic heterocycles. The first-order valence-corrected chi connectivity index (χ1v) is 5.38. The molecular formula is C12H19NO3. The summed E-state index contributed by atoms with van der Waals surface area (Å²) in [6, 6.07) is 7.49. The van der Waals surface area contributed by atoms with Gasteiger partial charge in [-0.05, 0) is 19.1 Å². The van der Waals surface area contributed by atoms with Gasteiger partial charge in [0.15, 0.2) is 0 Å². The molecule has 0 amide bonds. The van der Waals surface area contributed by atoms with Crippen LogP contribution in [-0.4, -0.2) is 38.0 Å². The average molecular weight is 225 g/mol. The molecule has 0 fully saturated rings. The highest BCUT2D eigenvalue weighted by Gasteiger charge is 1.97. The van der Waals surface area contributed by atoms with E-state index in [1.54, 1.807) is 14.0 Å². The van der Waals surface area contributed by atoms with Crippen LogP contribution in [0.2, 0.25) is 0 Å². The maximum Gasteiger partial charge on any atom is 0.123 e. The maximum atomic E-state index is 9.02. The first-order valence-electron chi connectivity index (χ1n) is 5.38. The first kappa shape index (κ1) is 12.8. The van der Waals surface area contributed by atoms with E-state index in [9.17, 15) is 0 Å². The van der Waals surface area contributed by atoms with E-state index < -0.39 is 0 Å². The Labute approximate surface area is 96.2 Å². The van der Waals surface area contributed by atoms with Crippen molar-refractivity contribution in [3.05, 3.63) is 24.3 Å². The SMILES string of the molecule is COc1cccc(OCCNCC(C)O)c1. The van der Waals surface area contributed by atoms with Crippen LogP contribution in [0.25, 0.3) is 0 Å². The van der Waals surface area contributed by atoms with Crippen molar-refractivity contribution in [3.63, 3.8) is 0 Å². The number of aliphatic hydroxyl groups is 1. The summed E-state index contributed by atoms with van der Waals surface area (Å²) in [5.74, 6) is 1.58. The lowest BCUT2D eigenvalue weighted by Crippen LogP contribution is -2.28. The van der Waals surface area contributed by atoms with Crippen LogP contribution in [0.1, 0.15) is 6.92 Å². The fourth-order valence-electron chi connectivity index (χ4n) is 1.24. The van der Waals surface area contributed by atoms with E-state index in [1.165, 1.54) is 0 Å². The summed E-state index contributed by atoms with van der Waals surface area (Å²) in [7, 11) is 1.63. The third kappa shape index (κ3) is 5.00. The minimum Gasteiger partial charge on any atom is -0.497 e. The summed E-state index contributed by atoms with van der Waals surface area (Å²) >= 11 is 0. The van der Waals surface area contributed by atoms with E-state index in [0.29, 0.717) is 19.7 Å². The van der Waals surface area contributed by atoms with Crippen LogP contribution >= 0.6 is 0 Å². The summed E-state index contributed by atoms with van der Waals surface area (Å²) in [6.45, 7) is 3.61. The van der Waals surface area contributed by atoms with Crippen molar-refractivity contribution in [2.45, 2.75) is 13.0 Å². The largest absolute Gasteiger partial charge is 0.497 e. The summed E-state index contributed by atoms with van der Waals surface area (Å²) in [5.41, 5.74) is 0. The highest BCUT2D eigenvalue weighted by Crippen LogP contribution is 2.18. The van der Waals surface area contributed by atoms with Crippen molar-refractivity contribution >= 4 is 0 Å². The minimum absolute atomic E-state index is 0.322. The van der Waals surface area contributed by atoms with E-state index in [0.717, 1.165) is 11.5 Å². The zero-order chi connectivity index (χ0) is 11.8. The Kier molecular flexibility index (Phi) is 5.67. The van der Waals surface area contributed by atoms with Crippen LogP contribution in [0.5, 0.6) is 11.5 Å². The molecule has 0 radical (unpaired) electrons. The zero-order valence-corrected chi connectivity index (χ0v) is 9.77. The second-order valence-corrected chi connectivity index (χ2v) is 3.58. The van der Waals surface area contributed by atoms with Crippen LogP contribution in [0.4, 0.5) is 0 Å². The molecule has 1 rings (SSSR count). The van der Waals surface area contributed by atoms with E-state index in [2.05, 4.69) is 5.32 Å². The molecule has 1 atom stereocenters. The molecular weight excluding hydrogens is 206 g/mol. The van der Waals surface area contributed by atoms with Crippen LogP contribution in [0, 0.1) is 0 Å². The van der Waals surface area contributed by atoms with Crippen molar-refractivity contribution in [1.29, 1.82) is 0 Å². The molecule has 4 heteroatoms. The monoisotopic (exact) mass is 225 g/mol. The molecule has 1 aromatic carbocycles. The number of hydrogen-bond acceptors (Lipinski definition) is 4. The third-order valence-corrected chi connectivity index (χ3v) is 2.03. The molecule has 4 nitrogen and oxygen atoms in total. The first-order chi connectivity index (χ1) is 7.72. The summed E-state index contributed by atoms with van der Waals surface area (Å²) in [6.07, 6.45) is -0.322. The Balaban J connectivity index is 2.21. The fraction of sp³-hybridized carbons (Fsp3) is 0.500. The van der Waals surface area contributed by atoms with Gasteiger partial charge in [-0.1, -0.05) is 6.07 Å². The molecule has 0 saturated heterocycles. The van der Waals surface area contributed by atoms with Gasteiger partial charge in [-0.15, -0.1) is 0 Å². The van der Waals surface area contributed by atoms with E-state index in [-0.39, 0.29) is 6.10 Å². The highest BCUT2D eigenvalue weighted by molar-refractivity contribution is 5.32. The predicted octanol–water partition coefficient (Wildman–Crippen LogP) is 1.04. The normalized spacial score (nSPS) is 12.2. The van der Waals surface area contributed by atoms with Crippen molar-refractivity contribution < 1.29 is 14.6 Å². The van der Waals surface area contributed by atoms with Crippen molar-refractivity contribution in [3.8, 4) is 11.5 Å². The predicted molar refractivity (Wildman–Crippen MR) is 63.0 cm³/mol. The fourth-order valence-corrected chi connectivity index (χ4v) is 1.24. The van der Waals surface area contributed by atoms with Crippen LogP contribution in [0.15, 0.2) is 24.3 Å². The van der Waals surface area contributed by atoms with Gasteiger partial charge in [0.25, 0.3) is 0 Å². The molecule has 16 heavy (non-hydrogen) atoms. The third-order valence-electron chi connectivity index (χ3n) is 2.03. The Hall–Kier alpha value is -1.26. The number of benzene rings is 1. The maximum absolute atomic E-state index is 9.02. The zero-order valence-electron chi connectivity index (χ0n) is 9.77. The van der Waals surface area contributed by atoms with Gasteiger partial charge >= 0.3 is 0 Å². The van der Waals surface area contributed by atoms with Crippen LogP contribution < -0.4 is 14.8 Å². The lowest BCUT2D eigenvalue weighted by atomic mass is 10.3. The lowest BCUT2D eigenvalue weighted by Gasteiger charge is -2.09. The second kappa shape index (κ2) is 7.09. The van der Waals surface area contributed by atoms with Gasteiger partial charge < -0.3 is 19.9 Å². The van der Waals surface area contributed by atoms with Gasteiger partial charge in [-0.2, -0.15) is 0 Å². The molecule has 0 saturated carbocycles. The molecule has 0 heterocycles. The van der Waals surface area contributed by atoms with Gasteiger partial charge in [0.1, 0.15) is 18.1 Å². The Bertz CT molecular complexity index is 302. The molecule has 0 spiro atoms. The summed E-state index contributed by atoms with van der Waals surface area (Å²) < 4.78 is 10.6. The topological polar surface area (TPSA) is 50.7 Å². The molecule has 90 valence electrons. The molecule has 0 aliphatic carbocycles. The van der Waals surface area contributed by atoms with Crippen molar-refractivity contribution in [1.82, 2.24) is 5.32 Å². The minimum atomic E-state index is -0.322. The number of ether oxygens (including phenoxy) is 2. The van der Waals surface area contributed by atoms with Crippen LogP contribution in [-0.2, 0) is 0 Å². The molecule has 1 unspecified atom stereocenters. The molecule has 0 aliphatic rings. The Morgan fingerprint density at radius 2 is 2.12 bits per heavy atom.